The summed E-state index contributed by atoms with van der Waals surface area (Å²) in [5.41, 5.74) is 1.25. The van der Waals surface area contributed by atoms with E-state index in [1.54, 1.807) is 17.2 Å². The van der Waals surface area contributed by atoms with Gasteiger partial charge in [0.15, 0.2) is 6.10 Å². The summed E-state index contributed by atoms with van der Waals surface area (Å²) in [5, 5.41) is 2.40. The fourth-order valence-electron chi connectivity index (χ4n) is 3.92. The highest BCUT2D eigenvalue weighted by molar-refractivity contribution is 6.42. The number of hydrogen-bond acceptors (Lipinski definition) is 4. The van der Waals surface area contributed by atoms with Gasteiger partial charge in [0, 0.05) is 0 Å². The van der Waals surface area contributed by atoms with Crippen molar-refractivity contribution in [2.24, 2.45) is 11.8 Å². The molecule has 0 N–H and O–H groups in total. The molecule has 3 atom stereocenters. The van der Waals surface area contributed by atoms with Gasteiger partial charge in [0.25, 0.3) is 5.91 Å². The van der Waals surface area contributed by atoms with Crippen molar-refractivity contribution in [1.82, 2.24) is 0 Å². The Morgan fingerprint density at radius 2 is 1.68 bits per heavy atom. The van der Waals surface area contributed by atoms with Gasteiger partial charge in [0.1, 0.15) is 0 Å². The van der Waals surface area contributed by atoms with Crippen LogP contribution in [0.3, 0.4) is 0 Å². The lowest BCUT2D eigenvalue weighted by molar-refractivity contribution is -0.126. The normalized spacial score (nSPS) is 24.4. The maximum atomic E-state index is 13.3. The summed E-state index contributed by atoms with van der Waals surface area (Å²) in [5.74, 6) is -0.872. The second-order valence-corrected chi connectivity index (χ2v) is 8.33. The van der Waals surface area contributed by atoms with Crippen molar-refractivity contribution in [3.05, 3.63) is 58.6 Å². The van der Waals surface area contributed by atoms with Gasteiger partial charge in [-0.2, -0.15) is 0 Å². The highest BCUT2D eigenvalue weighted by Crippen LogP contribution is 2.42. The number of amides is 2. The van der Waals surface area contributed by atoms with E-state index in [4.69, 9.17) is 28.0 Å². The van der Waals surface area contributed by atoms with Crippen molar-refractivity contribution >= 4 is 46.4 Å². The molecule has 0 spiro atoms. The molecule has 0 aliphatic carbocycles. The van der Waals surface area contributed by atoms with Crippen LogP contribution in [0.5, 0.6) is 0 Å². The van der Waals surface area contributed by atoms with Crippen LogP contribution in [0, 0.1) is 11.8 Å². The summed E-state index contributed by atoms with van der Waals surface area (Å²) in [6.45, 7) is 4.18. The maximum absolute atomic E-state index is 13.3. The minimum absolute atomic E-state index is 0.225. The number of imide groups is 1. The van der Waals surface area contributed by atoms with E-state index in [9.17, 15) is 9.59 Å². The topological polar surface area (TPSA) is 49.9 Å². The van der Waals surface area contributed by atoms with Gasteiger partial charge in [-0.3, -0.25) is 14.4 Å². The molecule has 0 aromatic heterocycles. The molecule has 0 unspecified atom stereocenters. The molecule has 2 aliphatic heterocycles. The second kappa shape index (κ2) is 7.39. The highest BCUT2D eigenvalue weighted by atomic mass is 35.5. The zero-order valence-corrected chi connectivity index (χ0v) is 17.0. The van der Waals surface area contributed by atoms with Crippen LogP contribution in [0.2, 0.25) is 10.0 Å². The van der Waals surface area contributed by atoms with E-state index in [0.29, 0.717) is 21.7 Å². The van der Waals surface area contributed by atoms with E-state index in [1.165, 1.54) is 11.0 Å². The lowest BCUT2D eigenvalue weighted by atomic mass is 9.90. The number of rotatable bonds is 4. The van der Waals surface area contributed by atoms with E-state index in [-0.39, 0.29) is 17.9 Å². The van der Waals surface area contributed by atoms with Crippen LogP contribution in [-0.4, -0.2) is 24.0 Å². The molecule has 2 fully saturated rings. The fourth-order valence-corrected chi connectivity index (χ4v) is 4.21. The van der Waals surface area contributed by atoms with Gasteiger partial charge in [-0.15, -0.1) is 0 Å². The third-order valence-corrected chi connectivity index (χ3v) is 5.86. The van der Waals surface area contributed by atoms with Gasteiger partial charge in [-0.05, 0) is 42.7 Å². The molecular weight excluding hydrogens is 399 g/mol. The molecule has 0 radical (unpaired) electrons. The molecule has 7 heteroatoms. The maximum Gasteiger partial charge on any atom is 0.266 e. The Morgan fingerprint density at radius 3 is 2.32 bits per heavy atom. The summed E-state index contributed by atoms with van der Waals surface area (Å²) in [6, 6.07) is 14.1. The van der Waals surface area contributed by atoms with E-state index in [0.717, 1.165) is 12.1 Å². The Labute approximate surface area is 173 Å². The first-order valence-corrected chi connectivity index (χ1v) is 9.98. The molecule has 5 nitrogen and oxygen atoms in total. The molecule has 146 valence electrons. The van der Waals surface area contributed by atoms with Gasteiger partial charge in [-0.25, -0.2) is 9.96 Å². The molecule has 0 saturated carbocycles. The fraction of sp³-hybridized carbons (Fsp3) is 0.333. The summed E-state index contributed by atoms with van der Waals surface area (Å²) < 4.78 is 0. The number of nitrogens with zero attached hydrogens (tertiary/aromatic N) is 2. The van der Waals surface area contributed by atoms with Crippen LogP contribution in [0.15, 0.2) is 48.5 Å². The third-order valence-electron chi connectivity index (χ3n) is 5.12. The Kier molecular flexibility index (Phi) is 5.08. The molecule has 2 aromatic rings. The number of hydroxylamine groups is 1. The van der Waals surface area contributed by atoms with Crippen LogP contribution in [0.4, 0.5) is 11.4 Å². The second-order valence-electron chi connectivity index (χ2n) is 7.52. The number of halogens is 2. The van der Waals surface area contributed by atoms with Crippen molar-refractivity contribution in [2.45, 2.75) is 32.4 Å². The summed E-state index contributed by atoms with van der Waals surface area (Å²) in [7, 11) is 0. The van der Waals surface area contributed by atoms with Crippen molar-refractivity contribution in [1.29, 1.82) is 0 Å². The van der Waals surface area contributed by atoms with E-state index in [1.807, 2.05) is 30.3 Å². The quantitative estimate of drug-likeness (QED) is 0.674. The lowest BCUT2D eigenvalue weighted by Crippen LogP contribution is -2.41. The van der Waals surface area contributed by atoms with Gasteiger partial charge < -0.3 is 0 Å². The minimum Gasteiger partial charge on any atom is -0.273 e. The summed E-state index contributed by atoms with van der Waals surface area (Å²) in [4.78, 5) is 33.6. The first-order chi connectivity index (χ1) is 13.4. The molecule has 2 aliphatic rings. The molecule has 2 saturated heterocycles. The predicted molar refractivity (Wildman–Crippen MR) is 109 cm³/mol. The van der Waals surface area contributed by atoms with Crippen LogP contribution >= 0.6 is 23.2 Å². The largest absolute Gasteiger partial charge is 0.273 e. The monoisotopic (exact) mass is 418 g/mol. The Hall–Kier alpha value is -2.08. The predicted octanol–water partition coefficient (Wildman–Crippen LogP) is 4.72. The minimum atomic E-state index is -0.842. The first kappa shape index (κ1) is 19.2. The molecule has 4 rings (SSSR count). The smallest absolute Gasteiger partial charge is 0.266 e. The van der Waals surface area contributed by atoms with Crippen molar-refractivity contribution in [3.8, 4) is 0 Å². The van der Waals surface area contributed by atoms with Crippen molar-refractivity contribution < 1.29 is 14.4 Å². The van der Waals surface area contributed by atoms with Gasteiger partial charge in [-0.1, -0.05) is 55.2 Å². The SMILES string of the molecule is CC(C)C[C@H]1[C@H]2C(=O)N(c3ccc(Cl)c(Cl)c3)C(=O)[C@H]2ON1c1ccccc1. The van der Waals surface area contributed by atoms with Crippen LogP contribution in [-0.2, 0) is 14.4 Å². The number of fused-ring (bicyclic) bond motifs is 1. The first-order valence-electron chi connectivity index (χ1n) is 9.22. The van der Waals surface area contributed by atoms with E-state index >= 15 is 0 Å². The number of carbonyl (C=O) groups excluding carboxylic acids is 2. The van der Waals surface area contributed by atoms with Crippen molar-refractivity contribution in [2.75, 3.05) is 9.96 Å². The van der Waals surface area contributed by atoms with E-state index in [2.05, 4.69) is 13.8 Å². The standard InChI is InChI=1S/C21H20Cl2N2O3/c1-12(2)10-17-18-19(28-25(17)13-6-4-3-5-7-13)21(27)24(20(18)26)14-8-9-15(22)16(23)11-14/h3-9,11-12,17-19H,10H2,1-2H3/t17-,18+,19-/m0/s1. The summed E-state index contributed by atoms with van der Waals surface area (Å²) >= 11 is 12.1. The van der Waals surface area contributed by atoms with Crippen LogP contribution in [0.25, 0.3) is 0 Å². The summed E-state index contributed by atoms with van der Waals surface area (Å²) in [6.07, 6.45) is -0.115. The number of carbonyl (C=O) groups is 2. The van der Waals surface area contributed by atoms with E-state index < -0.39 is 12.0 Å². The molecule has 2 amide bonds. The number of hydrogen-bond donors (Lipinski definition) is 0. The van der Waals surface area contributed by atoms with Crippen LogP contribution in [0.1, 0.15) is 20.3 Å². The van der Waals surface area contributed by atoms with Gasteiger partial charge >= 0.3 is 0 Å². The highest BCUT2D eigenvalue weighted by Gasteiger charge is 2.59. The molecule has 2 aromatic carbocycles. The molecule has 0 bridgehead atoms. The zero-order valence-electron chi connectivity index (χ0n) is 15.5. The Morgan fingerprint density at radius 1 is 0.964 bits per heavy atom. The number of para-hydroxylation sites is 1. The lowest BCUT2D eigenvalue weighted by Gasteiger charge is -2.29. The van der Waals surface area contributed by atoms with Gasteiger partial charge in [0.05, 0.1) is 33.4 Å². The van der Waals surface area contributed by atoms with Crippen molar-refractivity contribution in [3.63, 3.8) is 0 Å². The average molecular weight is 419 g/mol. The number of benzene rings is 2. The molecular formula is C21H20Cl2N2O3. The molecule has 2 heterocycles. The Bertz CT molecular complexity index is 919. The van der Waals surface area contributed by atoms with Crippen LogP contribution < -0.4 is 9.96 Å². The molecule has 28 heavy (non-hydrogen) atoms. The average Bonchev–Trinajstić information content (AvgIpc) is 3.14. The van der Waals surface area contributed by atoms with Gasteiger partial charge in [0.2, 0.25) is 5.91 Å². The number of anilines is 2. The zero-order chi connectivity index (χ0) is 20.0. The third kappa shape index (κ3) is 3.17. The Balaban J connectivity index is 1.70.